The second-order valence-electron chi connectivity index (χ2n) is 6.87. The number of hydrogen-bond donors (Lipinski definition) is 2. The van der Waals surface area contributed by atoms with Crippen molar-refractivity contribution in [3.63, 3.8) is 0 Å². The van der Waals surface area contributed by atoms with Crippen LogP contribution in [0.1, 0.15) is 33.8 Å². The van der Waals surface area contributed by atoms with Gasteiger partial charge in [-0.15, -0.1) is 0 Å². The van der Waals surface area contributed by atoms with Crippen LogP contribution in [-0.4, -0.2) is 16.0 Å². The third kappa shape index (κ3) is 3.55. The van der Waals surface area contributed by atoms with E-state index in [1.165, 1.54) is 12.1 Å². The third-order valence-corrected chi connectivity index (χ3v) is 5.39. The first-order valence-electron chi connectivity index (χ1n) is 9.27. The molecule has 0 aliphatic heterocycles. The number of hydrogen-bond acceptors (Lipinski definition) is 5. The van der Waals surface area contributed by atoms with Crippen molar-refractivity contribution in [1.29, 1.82) is 0 Å². The molecule has 3 aromatic carbocycles. The summed E-state index contributed by atoms with van der Waals surface area (Å²) in [6, 6.07) is 19.6. The minimum atomic E-state index is -0.869. The number of halogens is 1. The lowest BCUT2D eigenvalue weighted by Crippen LogP contribution is -2.18. The number of benzene rings is 3. The van der Waals surface area contributed by atoms with Gasteiger partial charge in [-0.2, -0.15) is 0 Å². The molecule has 0 bridgehead atoms. The molecule has 4 rings (SSSR count). The molecule has 0 aliphatic carbocycles. The lowest BCUT2D eigenvalue weighted by Gasteiger charge is -2.19. The van der Waals surface area contributed by atoms with Crippen molar-refractivity contribution in [2.45, 2.75) is 12.3 Å². The van der Waals surface area contributed by atoms with Crippen LogP contribution in [0.15, 0.2) is 82.0 Å². The van der Waals surface area contributed by atoms with E-state index < -0.39 is 17.3 Å². The highest BCUT2D eigenvalue weighted by Gasteiger charge is 2.29. The molecule has 1 unspecified atom stereocenters. The molecule has 5 nitrogen and oxygen atoms in total. The smallest absolute Gasteiger partial charge is 0.343 e. The van der Waals surface area contributed by atoms with E-state index in [-0.39, 0.29) is 34.6 Å². The van der Waals surface area contributed by atoms with Gasteiger partial charge in [0.05, 0.1) is 16.5 Å². The van der Waals surface area contributed by atoms with Gasteiger partial charge >= 0.3 is 5.63 Å². The fourth-order valence-electron chi connectivity index (χ4n) is 3.59. The Labute approximate surface area is 176 Å². The number of para-hydroxylation sites is 2. The molecule has 0 aliphatic rings. The Hall–Kier alpha value is -3.57. The van der Waals surface area contributed by atoms with Gasteiger partial charge in [-0.05, 0) is 35.9 Å². The number of aromatic hydroxyl groups is 2. The number of phenols is 1. The second kappa shape index (κ2) is 8.05. The first kappa shape index (κ1) is 19.7. The van der Waals surface area contributed by atoms with Gasteiger partial charge in [0.2, 0.25) is 0 Å². The van der Waals surface area contributed by atoms with Crippen LogP contribution < -0.4 is 5.63 Å². The number of carbonyl (C=O) groups excluding carboxylic acids is 1. The van der Waals surface area contributed by atoms with E-state index in [0.29, 0.717) is 16.0 Å². The Balaban J connectivity index is 1.90. The highest BCUT2D eigenvalue weighted by atomic mass is 35.5. The molecule has 1 aromatic heterocycles. The van der Waals surface area contributed by atoms with Crippen LogP contribution in [-0.2, 0) is 0 Å². The van der Waals surface area contributed by atoms with Crippen LogP contribution in [0.25, 0.3) is 11.0 Å². The van der Waals surface area contributed by atoms with Crippen molar-refractivity contribution in [2.24, 2.45) is 0 Å². The van der Waals surface area contributed by atoms with E-state index >= 15 is 0 Å². The molecule has 1 heterocycles. The van der Waals surface area contributed by atoms with Crippen molar-refractivity contribution in [2.75, 3.05) is 0 Å². The summed E-state index contributed by atoms with van der Waals surface area (Å²) in [7, 11) is 0. The zero-order chi connectivity index (χ0) is 21.3. The van der Waals surface area contributed by atoms with Gasteiger partial charge in [-0.1, -0.05) is 54.1 Å². The van der Waals surface area contributed by atoms with Crippen LogP contribution in [0.5, 0.6) is 11.5 Å². The maximum atomic E-state index is 13.0. The average molecular weight is 421 g/mol. The molecule has 0 fully saturated rings. The molecule has 0 saturated carbocycles. The van der Waals surface area contributed by atoms with Crippen LogP contribution in [0.2, 0.25) is 5.02 Å². The second-order valence-corrected chi connectivity index (χ2v) is 7.27. The van der Waals surface area contributed by atoms with Gasteiger partial charge in [0.1, 0.15) is 17.1 Å². The molecule has 0 spiro atoms. The highest BCUT2D eigenvalue weighted by molar-refractivity contribution is 6.31. The van der Waals surface area contributed by atoms with Gasteiger partial charge in [-0.25, -0.2) is 4.79 Å². The fourth-order valence-corrected chi connectivity index (χ4v) is 3.85. The summed E-state index contributed by atoms with van der Waals surface area (Å²) in [5, 5.41) is 21.7. The standard InChI is InChI=1S/C24H17ClO5/c25-18-10-4-1-7-14(18)17(13-20(27)15-8-2-5-11-19(15)26)22-23(28)16-9-3-6-12-21(16)30-24(22)29/h1-12,17,26,28H,13H2. The molecule has 1 atom stereocenters. The summed E-state index contributed by atoms with van der Waals surface area (Å²) < 4.78 is 5.41. The third-order valence-electron chi connectivity index (χ3n) is 5.04. The number of ketones is 1. The number of fused-ring (bicyclic) bond motifs is 1. The lowest BCUT2D eigenvalue weighted by atomic mass is 9.85. The van der Waals surface area contributed by atoms with Crippen LogP contribution in [0.3, 0.4) is 0 Å². The molecule has 2 N–H and O–H groups in total. The summed E-state index contributed by atoms with van der Waals surface area (Å²) in [5.41, 5.74) is 0.0699. The van der Waals surface area contributed by atoms with Gasteiger partial charge in [0, 0.05) is 17.4 Å². The summed E-state index contributed by atoms with van der Waals surface area (Å²) in [6.07, 6.45) is -0.196. The maximum Gasteiger partial charge on any atom is 0.343 e. The zero-order valence-electron chi connectivity index (χ0n) is 15.7. The lowest BCUT2D eigenvalue weighted by molar-refractivity contribution is 0.0974. The maximum absolute atomic E-state index is 13.0. The predicted octanol–water partition coefficient (Wildman–Crippen LogP) is 5.26. The molecule has 6 heteroatoms. The summed E-state index contributed by atoms with van der Waals surface area (Å²) in [6.45, 7) is 0. The van der Waals surface area contributed by atoms with Crippen LogP contribution in [0, 0.1) is 0 Å². The zero-order valence-corrected chi connectivity index (χ0v) is 16.5. The Kier molecular flexibility index (Phi) is 5.29. The monoisotopic (exact) mass is 420 g/mol. The normalized spacial score (nSPS) is 12.0. The van der Waals surface area contributed by atoms with Crippen molar-refractivity contribution >= 4 is 28.4 Å². The first-order valence-corrected chi connectivity index (χ1v) is 9.65. The largest absolute Gasteiger partial charge is 0.507 e. The molecular weight excluding hydrogens is 404 g/mol. The van der Waals surface area contributed by atoms with E-state index in [9.17, 15) is 19.8 Å². The molecule has 30 heavy (non-hydrogen) atoms. The van der Waals surface area contributed by atoms with Crippen molar-refractivity contribution in [3.8, 4) is 11.5 Å². The minimum absolute atomic E-state index is 0.0504. The first-order chi connectivity index (χ1) is 14.5. The molecule has 150 valence electrons. The van der Waals surface area contributed by atoms with Crippen molar-refractivity contribution < 1.29 is 19.4 Å². The Morgan fingerprint density at radius 1 is 0.933 bits per heavy atom. The summed E-state index contributed by atoms with van der Waals surface area (Å²) in [4.78, 5) is 25.8. The molecule has 4 aromatic rings. The Bertz CT molecular complexity index is 1310. The summed E-state index contributed by atoms with van der Waals surface area (Å²) >= 11 is 6.38. The molecule has 0 saturated heterocycles. The van der Waals surface area contributed by atoms with E-state index in [1.807, 2.05) is 0 Å². The quantitative estimate of drug-likeness (QED) is 0.339. The van der Waals surface area contributed by atoms with Gasteiger partial charge < -0.3 is 14.6 Å². The highest BCUT2D eigenvalue weighted by Crippen LogP contribution is 2.39. The average Bonchev–Trinajstić information content (AvgIpc) is 2.73. The Morgan fingerprint density at radius 2 is 1.60 bits per heavy atom. The van der Waals surface area contributed by atoms with Crippen molar-refractivity contribution in [3.05, 3.63) is 105 Å². The van der Waals surface area contributed by atoms with Crippen LogP contribution >= 0.6 is 11.6 Å². The van der Waals surface area contributed by atoms with Crippen LogP contribution in [0.4, 0.5) is 0 Å². The van der Waals surface area contributed by atoms with Gasteiger partial charge in [0.15, 0.2) is 5.78 Å². The van der Waals surface area contributed by atoms with E-state index in [4.69, 9.17) is 16.0 Å². The van der Waals surface area contributed by atoms with E-state index in [1.54, 1.807) is 60.7 Å². The Morgan fingerprint density at radius 3 is 2.37 bits per heavy atom. The SMILES string of the molecule is O=C(CC(c1ccccc1Cl)c1c(O)c2ccccc2oc1=O)c1ccccc1O. The summed E-state index contributed by atoms with van der Waals surface area (Å²) in [5.74, 6) is -1.68. The molecule has 0 amide bonds. The number of Topliss-reactive ketones (excluding diaryl/α,β-unsaturated/α-hetero) is 1. The van der Waals surface area contributed by atoms with E-state index in [2.05, 4.69) is 0 Å². The predicted molar refractivity (Wildman–Crippen MR) is 114 cm³/mol. The minimum Gasteiger partial charge on any atom is -0.507 e. The molecular formula is C24H17ClO5. The topological polar surface area (TPSA) is 87.7 Å². The van der Waals surface area contributed by atoms with Gasteiger partial charge in [0.25, 0.3) is 0 Å². The van der Waals surface area contributed by atoms with Gasteiger partial charge in [-0.3, -0.25) is 4.79 Å². The number of carbonyl (C=O) groups is 1. The fraction of sp³-hybridized carbons (Fsp3) is 0.0833. The number of phenolic OH excluding ortho intramolecular Hbond substituents is 1. The van der Waals surface area contributed by atoms with E-state index in [0.717, 1.165) is 0 Å². The van der Waals surface area contributed by atoms with Crippen molar-refractivity contribution in [1.82, 2.24) is 0 Å². The number of rotatable bonds is 5. The molecule has 0 radical (unpaired) electrons.